The van der Waals surface area contributed by atoms with E-state index in [2.05, 4.69) is 10.3 Å². The van der Waals surface area contributed by atoms with Gasteiger partial charge in [0.1, 0.15) is 5.25 Å². The summed E-state index contributed by atoms with van der Waals surface area (Å²) in [7, 11) is -3.75. The van der Waals surface area contributed by atoms with Crippen LogP contribution in [0.1, 0.15) is 19.8 Å². The molecule has 1 aliphatic heterocycles. The van der Waals surface area contributed by atoms with E-state index >= 15 is 0 Å². The molecule has 7 heteroatoms. The summed E-state index contributed by atoms with van der Waals surface area (Å²) < 4.78 is 29.8. The SMILES string of the molecule is C[C@H](C(=O)NC[C@@H]1CCCO1)S(=O)(=O)c1ccccn1. The van der Waals surface area contributed by atoms with Crippen LogP contribution in [0.25, 0.3) is 0 Å². The van der Waals surface area contributed by atoms with Gasteiger partial charge in [0, 0.05) is 19.3 Å². The Morgan fingerprint density at radius 2 is 2.35 bits per heavy atom. The van der Waals surface area contributed by atoms with Gasteiger partial charge in [-0.05, 0) is 31.9 Å². The van der Waals surface area contributed by atoms with Crippen LogP contribution in [0.3, 0.4) is 0 Å². The fourth-order valence-electron chi connectivity index (χ4n) is 2.00. The second-order valence-corrected chi connectivity index (χ2v) is 6.95. The van der Waals surface area contributed by atoms with E-state index in [-0.39, 0.29) is 11.1 Å². The largest absolute Gasteiger partial charge is 0.376 e. The summed E-state index contributed by atoms with van der Waals surface area (Å²) in [6.45, 7) is 2.41. The number of carbonyl (C=O) groups excluding carboxylic acids is 1. The molecular weight excluding hydrogens is 280 g/mol. The number of carbonyl (C=O) groups is 1. The van der Waals surface area contributed by atoms with Crippen molar-refractivity contribution in [2.45, 2.75) is 36.1 Å². The molecule has 0 unspecified atom stereocenters. The van der Waals surface area contributed by atoms with Crippen molar-refractivity contribution in [3.63, 3.8) is 0 Å². The van der Waals surface area contributed by atoms with Gasteiger partial charge in [0.25, 0.3) is 0 Å². The van der Waals surface area contributed by atoms with Crippen molar-refractivity contribution in [3.05, 3.63) is 24.4 Å². The monoisotopic (exact) mass is 298 g/mol. The number of ether oxygens (including phenoxy) is 1. The van der Waals surface area contributed by atoms with Crippen molar-refractivity contribution in [1.29, 1.82) is 0 Å². The third-order valence-electron chi connectivity index (χ3n) is 3.29. The van der Waals surface area contributed by atoms with Crippen LogP contribution >= 0.6 is 0 Å². The van der Waals surface area contributed by atoms with Crippen molar-refractivity contribution in [2.75, 3.05) is 13.2 Å². The molecule has 6 nitrogen and oxygen atoms in total. The first kappa shape index (κ1) is 14.9. The number of nitrogens with one attached hydrogen (secondary N) is 1. The Labute approximate surface area is 118 Å². The number of aromatic nitrogens is 1. The highest BCUT2D eigenvalue weighted by atomic mass is 32.2. The predicted octanol–water partition coefficient (Wildman–Crippen LogP) is 0.539. The quantitative estimate of drug-likeness (QED) is 0.857. The summed E-state index contributed by atoms with van der Waals surface area (Å²) in [6, 6.07) is 4.59. The number of amides is 1. The zero-order valence-electron chi connectivity index (χ0n) is 11.3. The van der Waals surface area contributed by atoms with Crippen LogP contribution in [-0.2, 0) is 19.4 Å². The fraction of sp³-hybridized carbons (Fsp3) is 0.538. The molecule has 1 N–H and O–H groups in total. The Hall–Kier alpha value is -1.47. The Morgan fingerprint density at radius 1 is 1.55 bits per heavy atom. The van der Waals surface area contributed by atoms with Crippen molar-refractivity contribution in [3.8, 4) is 0 Å². The molecule has 1 aliphatic rings. The van der Waals surface area contributed by atoms with Crippen molar-refractivity contribution < 1.29 is 17.9 Å². The third kappa shape index (κ3) is 3.34. The van der Waals surface area contributed by atoms with Crippen LogP contribution < -0.4 is 5.32 Å². The van der Waals surface area contributed by atoms with Gasteiger partial charge in [0.15, 0.2) is 5.03 Å². The van der Waals surface area contributed by atoms with E-state index in [1.54, 1.807) is 12.1 Å². The minimum atomic E-state index is -3.75. The second-order valence-electron chi connectivity index (χ2n) is 4.74. The molecule has 0 saturated carbocycles. The topological polar surface area (TPSA) is 85.4 Å². The zero-order chi connectivity index (χ0) is 14.6. The van der Waals surface area contributed by atoms with E-state index in [0.717, 1.165) is 12.8 Å². The lowest BCUT2D eigenvalue weighted by molar-refractivity contribution is -0.120. The summed E-state index contributed by atoms with van der Waals surface area (Å²) in [5, 5.41) is 1.38. The second kappa shape index (κ2) is 6.32. The maximum Gasteiger partial charge on any atom is 0.238 e. The first-order valence-electron chi connectivity index (χ1n) is 6.56. The summed E-state index contributed by atoms with van der Waals surface area (Å²) in [5.41, 5.74) is 0. The number of hydrogen-bond acceptors (Lipinski definition) is 5. The van der Waals surface area contributed by atoms with Crippen LogP contribution in [0.2, 0.25) is 0 Å². The van der Waals surface area contributed by atoms with Crippen LogP contribution in [0, 0.1) is 0 Å². The van der Waals surface area contributed by atoms with Crippen LogP contribution in [-0.4, -0.2) is 43.8 Å². The smallest absolute Gasteiger partial charge is 0.238 e. The standard InChI is InChI=1S/C13H18N2O4S/c1-10(13(16)15-9-11-5-4-8-19-11)20(17,18)12-6-2-3-7-14-12/h2-3,6-7,10-11H,4-5,8-9H2,1H3,(H,15,16)/t10-,11+/m1/s1. The fourth-order valence-corrected chi connectivity index (χ4v) is 3.20. The molecule has 1 saturated heterocycles. The summed E-state index contributed by atoms with van der Waals surface area (Å²) in [6.07, 6.45) is 3.25. The number of nitrogens with zero attached hydrogens (tertiary/aromatic N) is 1. The van der Waals surface area contributed by atoms with Gasteiger partial charge in [0.05, 0.1) is 6.10 Å². The van der Waals surface area contributed by atoms with Gasteiger partial charge in [-0.15, -0.1) is 0 Å². The molecule has 20 heavy (non-hydrogen) atoms. The van der Waals surface area contributed by atoms with Gasteiger partial charge < -0.3 is 10.1 Å². The Bertz CT molecular complexity index is 553. The molecule has 1 aromatic rings. The summed E-state index contributed by atoms with van der Waals surface area (Å²) >= 11 is 0. The first-order chi connectivity index (χ1) is 9.51. The number of pyridine rings is 1. The predicted molar refractivity (Wildman–Crippen MR) is 72.9 cm³/mol. The van der Waals surface area contributed by atoms with Crippen molar-refractivity contribution >= 4 is 15.7 Å². The average molecular weight is 298 g/mol. The summed E-state index contributed by atoms with van der Waals surface area (Å²) in [4.78, 5) is 15.7. The highest BCUT2D eigenvalue weighted by Gasteiger charge is 2.31. The van der Waals surface area contributed by atoms with Crippen LogP contribution in [0.4, 0.5) is 0 Å². The van der Waals surface area contributed by atoms with Crippen LogP contribution in [0.5, 0.6) is 0 Å². The lowest BCUT2D eigenvalue weighted by Crippen LogP contribution is -2.41. The lowest BCUT2D eigenvalue weighted by atomic mass is 10.2. The molecule has 0 bridgehead atoms. The molecule has 1 fully saturated rings. The zero-order valence-corrected chi connectivity index (χ0v) is 12.1. The van der Waals surface area contributed by atoms with Gasteiger partial charge in [-0.25, -0.2) is 13.4 Å². The van der Waals surface area contributed by atoms with Gasteiger partial charge >= 0.3 is 0 Å². The van der Waals surface area contributed by atoms with E-state index in [1.807, 2.05) is 0 Å². The van der Waals surface area contributed by atoms with E-state index in [1.165, 1.54) is 19.2 Å². The maximum absolute atomic E-state index is 12.2. The highest BCUT2D eigenvalue weighted by Crippen LogP contribution is 2.14. The highest BCUT2D eigenvalue weighted by molar-refractivity contribution is 7.92. The molecule has 1 aromatic heterocycles. The summed E-state index contributed by atoms with van der Waals surface area (Å²) in [5.74, 6) is -0.522. The van der Waals surface area contributed by atoms with E-state index in [0.29, 0.717) is 13.2 Å². The van der Waals surface area contributed by atoms with Crippen molar-refractivity contribution in [2.24, 2.45) is 0 Å². The average Bonchev–Trinajstić information content (AvgIpc) is 2.98. The van der Waals surface area contributed by atoms with Crippen LogP contribution in [0.15, 0.2) is 29.4 Å². The number of rotatable bonds is 5. The maximum atomic E-state index is 12.2. The molecule has 0 spiro atoms. The molecule has 0 aromatic carbocycles. The molecule has 0 radical (unpaired) electrons. The van der Waals surface area contributed by atoms with E-state index < -0.39 is 21.0 Å². The molecule has 2 atom stereocenters. The van der Waals surface area contributed by atoms with Gasteiger partial charge in [-0.1, -0.05) is 6.07 Å². The molecule has 0 aliphatic carbocycles. The molecule has 2 heterocycles. The van der Waals surface area contributed by atoms with Gasteiger partial charge in [-0.2, -0.15) is 0 Å². The normalized spacial score (nSPS) is 20.6. The first-order valence-corrected chi connectivity index (χ1v) is 8.10. The van der Waals surface area contributed by atoms with E-state index in [9.17, 15) is 13.2 Å². The molecule has 110 valence electrons. The van der Waals surface area contributed by atoms with Gasteiger partial charge in [0.2, 0.25) is 15.7 Å². The molecule has 2 rings (SSSR count). The Kier molecular flexibility index (Phi) is 4.72. The van der Waals surface area contributed by atoms with E-state index in [4.69, 9.17) is 4.74 Å². The number of sulfone groups is 1. The van der Waals surface area contributed by atoms with Gasteiger partial charge in [-0.3, -0.25) is 4.79 Å². The Balaban J connectivity index is 1.98. The minimum absolute atomic E-state index is 0.0105. The minimum Gasteiger partial charge on any atom is -0.376 e. The number of hydrogen-bond donors (Lipinski definition) is 1. The molecular formula is C13H18N2O4S. The third-order valence-corrected chi connectivity index (χ3v) is 5.26. The van der Waals surface area contributed by atoms with Crippen molar-refractivity contribution in [1.82, 2.24) is 10.3 Å². The Morgan fingerprint density at radius 3 is 2.95 bits per heavy atom. The lowest BCUT2D eigenvalue weighted by Gasteiger charge is -2.15. The molecule has 1 amide bonds.